The van der Waals surface area contributed by atoms with Gasteiger partial charge in [0.2, 0.25) is 5.91 Å². The fourth-order valence-electron chi connectivity index (χ4n) is 2.28. The Morgan fingerprint density at radius 3 is 2.19 bits per heavy atom. The Balaban J connectivity index is 1.80. The van der Waals surface area contributed by atoms with Crippen LogP contribution in [0, 0.1) is 0 Å². The number of carbonyl (C=O) groups is 3. The summed E-state index contributed by atoms with van der Waals surface area (Å²) in [5, 5.41) is 14.0. The number of amides is 2. The second-order valence-electron chi connectivity index (χ2n) is 5.54. The van der Waals surface area contributed by atoms with Crippen LogP contribution in [0.4, 0.5) is 4.79 Å². The fraction of sp³-hybridized carbons (Fsp3) is 0.211. The number of hydrogen-bond acceptors (Lipinski definition) is 4. The normalized spacial score (nSPS) is 11.2. The maximum absolute atomic E-state index is 12.0. The summed E-state index contributed by atoms with van der Waals surface area (Å²) in [7, 11) is 0. The SMILES string of the molecule is O=C(O)CC(NC(=O)CNC(=O)OCc1ccccc1)c1ccccc1. The second kappa shape index (κ2) is 9.83. The highest BCUT2D eigenvalue weighted by Crippen LogP contribution is 2.16. The molecule has 2 rings (SSSR count). The zero-order chi connectivity index (χ0) is 18.8. The number of aliphatic carboxylic acids is 1. The number of nitrogens with one attached hydrogen (secondary N) is 2. The van der Waals surface area contributed by atoms with Crippen molar-refractivity contribution in [3.05, 3.63) is 71.8 Å². The number of carbonyl (C=O) groups excluding carboxylic acids is 2. The van der Waals surface area contributed by atoms with E-state index >= 15 is 0 Å². The molecule has 136 valence electrons. The van der Waals surface area contributed by atoms with Crippen molar-refractivity contribution in [3.63, 3.8) is 0 Å². The molecule has 7 nitrogen and oxygen atoms in total. The van der Waals surface area contributed by atoms with Gasteiger partial charge in [0.05, 0.1) is 12.5 Å². The lowest BCUT2D eigenvalue weighted by molar-refractivity contribution is -0.137. The predicted octanol–water partition coefficient (Wildman–Crippen LogP) is 2.25. The molecule has 3 N–H and O–H groups in total. The summed E-state index contributed by atoms with van der Waals surface area (Å²) in [6.45, 7) is -0.212. The third kappa shape index (κ3) is 6.64. The molecule has 0 aliphatic rings. The Morgan fingerprint density at radius 2 is 1.58 bits per heavy atom. The van der Waals surface area contributed by atoms with E-state index in [1.165, 1.54) is 0 Å². The standard InChI is InChI=1S/C19H20N2O5/c22-17(12-20-19(25)26-13-14-7-3-1-4-8-14)21-16(11-18(23)24)15-9-5-2-6-10-15/h1-10,16H,11-13H2,(H,20,25)(H,21,22)(H,23,24). The molecule has 0 bridgehead atoms. The smallest absolute Gasteiger partial charge is 0.407 e. The van der Waals surface area contributed by atoms with E-state index in [-0.39, 0.29) is 19.6 Å². The third-order valence-electron chi connectivity index (χ3n) is 3.52. The lowest BCUT2D eigenvalue weighted by atomic mass is 10.0. The van der Waals surface area contributed by atoms with E-state index in [0.29, 0.717) is 5.56 Å². The molecular formula is C19H20N2O5. The molecule has 2 aromatic carbocycles. The van der Waals surface area contributed by atoms with Gasteiger partial charge < -0.3 is 20.5 Å². The monoisotopic (exact) mass is 356 g/mol. The van der Waals surface area contributed by atoms with Gasteiger partial charge in [-0.3, -0.25) is 9.59 Å². The Morgan fingerprint density at radius 1 is 0.962 bits per heavy atom. The number of carboxylic acids is 1. The third-order valence-corrected chi connectivity index (χ3v) is 3.52. The quantitative estimate of drug-likeness (QED) is 0.673. The minimum atomic E-state index is -1.03. The number of benzene rings is 2. The molecular weight excluding hydrogens is 336 g/mol. The van der Waals surface area contributed by atoms with Gasteiger partial charge in [0.1, 0.15) is 13.2 Å². The molecule has 0 radical (unpaired) electrons. The van der Waals surface area contributed by atoms with Crippen LogP contribution in [0.3, 0.4) is 0 Å². The van der Waals surface area contributed by atoms with Crippen LogP contribution in [-0.2, 0) is 20.9 Å². The van der Waals surface area contributed by atoms with Crippen molar-refractivity contribution in [1.82, 2.24) is 10.6 Å². The number of carboxylic acid groups (broad SMARTS) is 1. The highest BCUT2D eigenvalue weighted by molar-refractivity contribution is 5.83. The fourth-order valence-corrected chi connectivity index (χ4v) is 2.28. The second-order valence-corrected chi connectivity index (χ2v) is 5.54. The van der Waals surface area contributed by atoms with Crippen LogP contribution >= 0.6 is 0 Å². The first-order valence-electron chi connectivity index (χ1n) is 8.05. The van der Waals surface area contributed by atoms with Crippen molar-refractivity contribution in [3.8, 4) is 0 Å². The number of ether oxygens (including phenoxy) is 1. The Kier molecular flexibility index (Phi) is 7.17. The van der Waals surface area contributed by atoms with Crippen molar-refractivity contribution in [2.75, 3.05) is 6.54 Å². The van der Waals surface area contributed by atoms with Gasteiger partial charge in [-0.2, -0.15) is 0 Å². The number of hydrogen-bond donors (Lipinski definition) is 3. The first-order chi connectivity index (χ1) is 12.5. The minimum absolute atomic E-state index is 0.0972. The van der Waals surface area contributed by atoms with E-state index in [1.54, 1.807) is 30.3 Å². The largest absolute Gasteiger partial charge is 0.481 e. The van der Waals surface area contributed by atoms with Gasteiger partial charge in [-0.1, -0.05) is 60.7 Å². The molecule has 1 unspecified atom stereocenters. The number of rotatable bonds is 8. The van der Waals surface area contributed by atoms with Gasteiger partial charge in [0.15, 0.2) is 0 Å². The molecule has 0 aliphatic carbocycles. The molecule has 0 aromatic heterocycles. The van der Waals surface area contributed by atoms with Crippen molar-refractivity contribution < 1.29 is 24.2 Å². The van der Waals surface area contributed by atoms with Crippen LogP contribution in [0.15, 0.2) is 60.7 Å². The molecule has 0 fully saturated rings. The van der Waals surface area contributed by atoms with E-state index in [2.05, 4.69) is 10.6 Å². The maximum Gasteiger partial charge on any atom is 0.407 e. The van der Waals surface area contributed by atoms with Gasteiger partial charge >= 0.3 is 12.1 Å². The van der Waals surface area contributed by atoms with Crippen LogP contribution in [0.1, 0.15) is 23.6 Å². The average molecular weight is 356 g/mol. The Bertz CT molecular complexity index is 734. The van der Waals surface area contributed by atoms with Crippen molar-refractivity contribution in [2.24, 2.45) is 0 Å². The summed E-state index contributed by atoms with van der Waals surface area (Å²) in [6.07, 6.45) is -0.979. The van der Waals surface area contributed by atoms with Crippen LogP contribution < -0.4 is 10.6 Å². The summed E-state index contributed by atoms with van der Waals surface area (Å²) in [5.74, 6) is -1.54. The molecule has 26 heavy (non-hydrogen) atoms. The summed E-state index contributed by atoms with van der Waals surface area (Å²) >= 11 is 0. The Hall–Kier alpha value is -3.35. The number of alkyl carbamates (subject to hydrolysis) is 1. The van der Waals surface area contributed by atoms with Crippen molar-refractivity contribution in [2.45, 2.75) is 19.1 Å². The highest BCUT2D eigenvalue weighted by Gasteiger charge is 2.18. The molecule has 0 saturated carbocycles. The summed E-state index contributed by atoms with van der Waals surface area (Å²) in [6, 6.07) is 17.2. The maximum atomic E-state index is 12.0. The van der Waals surface area contributed by atoms with Crippen LogP contribution in [0.2, 0.25) is 0 Å². The first kappa shape index (κ1) is 19.0. The minimum Gasteiger partial charge on any atom is -0.481 e. The summed E-state index contributed by atoms with van der Waals surface area (Å²) in [5.41, 5.74) is 1.51. The van der Waals surface area contributed by atoms with E-state index in [9.17, 15) is 14.4 Å². The van der Waals surface area contributed by atoms with Crippen LogP contribution in [-0.4, -0.2) is 29.6 Å². The van der Waals surface area contributed by atoms with Gasteiger partial charge in [-0.05, 0) is 11.1 Å². The molecule has 0 spiro atoms. The molecule has 1 atom stereocenters. The van der Waals surface area contributed by atoms with Gasteiger partial charge in [0.25, 0.3) is 0 Å². The van der Waals surface area contributed by atoms with E-state index < -0.39 is 24.0 Å². The lowest BCUT2D eigenvalue weighted by Gasteiger charge is -2.17. The molecule has 2 aromatic rings. The van der Waals surface area contributed by atoms with Crippen LogP contribution in [0.25, 0.3) is 0 Å². The van der Waals surface area contributed by atoms with Crippen molar-refractivity contribution in [1.29, 1.82) is 0 Å². The summed E-state index contributed by atoms with van der Waals surface area (Å²) in [4.78, 5) is 34.7. The molecule has 0 aliphatic heterocycles. The highest BCUT2D eigenvalue weighted by atomic mass is 16.5. The molecule has 0 heterocycles. The lowest BCUT2D eigenvalue weighted by Crippen LogP contribution is -2.39. The van der Waals surface area contributed by atoms with Gasteiger partial charge in [0, 0.05) is 0 Å². The van der Waals surface area contributed by atoms with Gasteiger partial charge in [-0.15, -0.1) is 0 Å². The zero-order valence-corrected chi connectivity index (χ0v) is 14.1. The zero-order valence-electron chi connectivity index (χ0n) is 14.1. The molecule has 0 saturated heterocycles. The molecule has 2 amide bonds. The van der Waals surface area contributed by atoms with E-state index in [1.807, 2.05) is 30.3 Å². The summed E-state index contributed by atoms with van der Waals surface area (Å²) < 4.78 is 5.01. The molecule has 7 heteroatoms. The first-order valence-corrected chi connectivity index (χ1v) is 8.05. The predicted molar refractivity (Wildman–Crippen MR) is 94.2 cm³/mol. The van der Waals surface area contributed by atoms with E-state index in [4.69, 9.17) is 9.84 Å². The Labute approximate surface area is 151 Å². The average Bonchev–Trinajstić information content (AvgIpc) is 2.65. The van der Waals surface area contributed by atoms with E-state index in [0.717, 1.165) is 5.56 Å². The van der Waals surface area contributed by atoms with Crippen molar-refractivity contribution >= 4 is 18.0 Å². The van der Waals surface area contributed by atoms with Crippen LogP contribution in [0.5, 0.6) is 0 Å². The van der Waals surface area contributed by atoms with Gasteiger partial charge in [-0.25, -0.2) is 4.79 Å². The topological polar surface area (TPSA) is 105 Å².